The zero-order valence-corrected chi connectivity index (χ0v) is 17.1. The Balaban J connectivity index is 2.09. The van der Waals surface area contributed by atoms with Crippen molar-refractivity contribution in [3.05, 3.63) is 75.5 Å². The standard InChI is InChI=1S/C22H18ClNO6/c1-12-19(22(28)30-3)16(10-13-4-6-14(7-5-13)21(26)27)20(25)24(12)15-8-9-18(29-2)17(23)11-15/h4-11H,1-3H3,(H,26,27)/p-1/b16-10-. The van der Waals surface area contributed by atoms with E-state index in [9.17, 15) is 19.5 Å². The number of halogens is 1. The molecule has 7 nitrogen and oxygen atoms in total. The van der Waals surface area contributed by atoms with Gasteiger partial charge in [0.1, 0.15) is 5.75 Å². The normalized spacial score (nSPS) is 15.0. The highest BCUT2D eigenvalue weighted by atomic mass is 35.5. The van der Waals surface area contributed by atoms with E-state index in [1.54, 1.807) is 25.1 Å². The highest BCUT2D eigenvalue weighted by molar-refractivity contribution is 6.32. The summed E-state index contributed by atoms with van der Waals surface area (Å²) in [7, 11) is 2.71. The molecule has 1 heterocycles. The van der Waals surface area contributed by atoms with Gasteiger partial charge in [-0.2, -0.15) is 0 Å². The third-order valence-electron chi connectivity index (χ3n) is 4.64. The van der Waals surface area contributed by atoms with Crippen LogP contribution < -0.4 is 14.7 Å². The van der Waals surface area contributed by atoms with Crippen LogP contribution in [-0.2, 0) is 14.3 Å². The number of carboxylic acids is 1. The van der Waals surface area contributed by atoms with Gasteiger partial charge in [-0.15, -0.1) is 0 Å². The van der Waals surface area contributed by atoms with Gasteiger partial charge in [0.15, 0.2) is 0 Å². The lowest BCUT2D eigenvalue weighted by molar-refractivity contribution is -0.255. The fourth-order valence-electron chi connectivity index (χ4n) is 3.17. The van der Waals surface area contributed by atoms with Crippen LogP contribution in [0.2, 0.25) is 5.02 Å². The molecule has 0 radical (unpaired) electrons. The molecule has 0 saturated heterocycles. The van der Waals surface area contributed by atoms with Crippen LogP contribution >= 0.6 is 11.6 Å². The van der Waals surface area contributed by atoms with Gasteiger partial charge in [0.2, 0.25) is 0 Å². The van der Waals surface area contributed by atoms with Gasteiger partial charge < -0.3 is 19.4 Å². The second-order valence-electron chi connectivity index (χ2n) is 6.38. The number of amides is 1. The molecule has 8 heteroatoms. The van der Waals surface area contributed by atoms with Gasteiger partial charge in [-0.25, -0.2) is 4.79 Å². The molecular formula is C22H17ClNO6-. The summed E-state index contributed by atoms with van der Waals surface area (Å²) in [5.74, 6) is -1.97. The van der Waals surface area contributed by atoms with Crippen molar-refractivity contribution in [3.8, 4) is 5.75 Å². The molecule has 2 aromatic rings. The molecular weight excluding hydrogens is 410 g/mol. The molecule has 2 aromatic carbocycles. The summed E-state index contributed by atoms with van der Waals surface area (Å²) < 4.78 is 10.0. The molecule has 0 aliphatic carbocycles. The minimum absolute atomic E-state index is 0.00399. The van der Waals surface area contributed by atoms with E-state index in [0.29, 0.717) is 27.7 Å². The second-order valence-corrected chi connectivity index (χ2v) is 6.79. The zero-order chi connectivity index (χ0) is 22.0. The lowest BCUT2D eigenvalue weighted by Gasteiger charge is -2.19. The Bertz CT molecular complexity index is 1100. The summed E-state index contributed by atoms with van der Waals surface area (Å²) in [4.78, 5) is 37.9. The highest BCUT2D eigenvalue weighted by Crippen LogP contribution is 2.38. The number of nitrogens with zero attached hydrogens (tertiary/aromatic N) is 1. The number of hydrogen-bond acceptors (Lipinski definition) is 6. The van der Waals surface area contributed by atoms with Crippen molar-refractivity contribution < 1.29 is 29.0 Å². The Kier molecular flexibility index (Phi) is 5.94. The summed E-state index contributed by atoms with van der Waals surface area (Å²) >= 11 is 6.20. The lowest BCUT2D eigenvalue weighted by atomic mass is 10.0. The quantitative estimate of drug-likeness (QED) is 0.538. The molecule has 0 aromatic heterocycles. The van der Waals surface area contributed by atoms with Gasteiger partial charge in [0.05, 0.1) is 42.0 Å². The maximum atomic E-state index is 13.2. The largest absolute Gasteiger partial charge is 0.545 e. The summed E-state index contributed by atoms with van der Waals surface area (Å²) in [5.41, 5.74) is 1.61. The molecule has 0 atom stereocenters. The van der Waals surface area contributed by atoms with Gasteiger partial charge in [-0.05, 0) is 42.3 Å². The molecule has 154 valence electrons. The first-order valence-electron chi connectivity index (χ1n) is 8.79. The molecule has 1 aliphatic rings. The maximum absolute atomic E-state index is 13.2. The van der Waals surface area contributed by atoms with Crippen LogP contribution in [0.3, 0.4) is 0 Å². The Labute approximate surface area is 177 Å². The SMILES string of the molecule is COC(=O)C1=C(C)N(c2ccc(OC)c(Cl)c2)C(=O)/C1=C\c1ccc(C(=O)[O-])cc1. The van der Waals surface area contributed by atoms with E-state index in [-0.39, 0.29) is 16.7 Å². The average molecular weight is 427 g/mol. The fourth-order valence-corrected chi connectivity index (χ4v) is 3.42. The van der Waals surface area contributed by atoms with Crippen molar-refractivity contribution in [3.63, 3.8) is 0 Å². The zero-order valence-electron chi connectivity index (χ0n) is 16.4. The molecule has 1 amide bonds. The molecule has 0 unspecified atom stereocenters. The predicted octanol–water partition coefficient (Wildman–Crippen LogP) is 2.59. The minimum Gasteiger partial charge on any atom is -0.545 e. The molecule has 0 N–H and O–H groups in total. The van der Waals surface area contributed by atoms with E-state index in [2.05, 4.69) is 0 Å². The van der Waals surface area contributed by atoms with Crippen molar-refractivity contribution in [1.29, 1.82) is 0 Å². The number of carbonyl (C=O) groups is 3. The molecule has 3 rings (SSSR count). The maximum Gasteiger partial charge on any atom is 0.340 e. The monoisotopic (exact) mass is 426 g/mol. The van der Waals surface area contributed by atoms with Crippen molar-refractivity contribution in [2.45, 2.75) is 6.92 Å². The van der Waals surface area contributed by atoms with E-state index < -0.39 is 17.8 Å². The van der Waals surface area contributed by atoms with Gasteiger partial charge in [0, 0.05) is 5.70 Å². The van der Waals surface area contributed by atoms with Crippen LogP contribution in [0.1, 0.15) is 22.8 Å². The number of rotatable bonds is 5. The first-order valence-corrected chi connectivity index (χ1v) is 9.17. The number of anilines is 1. The molecule has 0 spiro atoms. The number of carbonyl (C=O) groups excluding carboxylic acids is 3. The van der Waals surface area contributed by atoms with Gasteiger partial charge >= 0.3 is 5.97 Å². The number of carboxylic acid groups (broad SMARTS) is 1. The molecule has 30 heavy (non-hydrogen) atoms. The van der Waals surface area contributed by atoms with E-state index in [0.717, 1.165) is 0 Å². The molecule has 1 aliphatic heterocycles. The van der Waals surface area contributed by atoms with Gasteiger partial charge in [0.25, 0.3) is 5.91 Å². The van der Waals surface area contributed by atoms with E-state index in [4.69, 9.17) is 21.1 Å². The lowest BCUT2D eigenvalue weighted by Crippen LogP contribution is -2.24. The second kappa shape index (κ2) is 8.42. The van der Waals surface area contributed by atoms with Crippen molar-refractivity contribution >= 4 is 41.2 Å². The van der Waals surface area contributed by atoms with E-state index in [1.165, 1.54) is 49.5 Å². The Hall–Kier alpha value is -3.58. The van der Waals surface area contributed by atoms with Crippen LogP contribution in [0.25, 0.3) is 6.08 Å². The fraction of sp³-hybridized carbons (Fsp3) is 0.136. The molecule has 0 bridgehead atoms. The summed E-state index contributed by atoms with van der Waals surface area (Å²) in [6.07, 6.45) is 1.50. The number of allylic oxidation sites excluding steroid dienone is 1. The number of benzene rings is 2. The number of hydrogen-bond donors (Lipinski definition) is 0. The number of esters is 1. The smallest absolute Gasteiger partial charge is 0.340 e. The first-order chi connectivity index (χ1) is 14.3. The Morgan fingerprint density at radius 2 is 1.77 bits per heavy atom. The summed E-state index contributed by atoms with van der Waals surface area (Å²) in [5, 5.41) is 11.2. The first kappa shape index (κ1) is 21.1. The third-order valence-corrected chi connectivity index (χ3v) is 4.94. The van der Waals surface area contributed by atoms with Crippen molar-refractivity contribution in [2.75, 3.05) is 19.1 Å². The number of methoxy groups -OCH3 is 2. The molecule has 0 saturated carbocycles. The van der Waals surface area contributed by atoms with Gasteiger partial charge in [-0.3, -0.25) is 9.69 Å². The van der Waals surface area contributed by atoms with Crippen LogP contribution in [-0.4, -0.2) is 32.1 Å². The summed E-state index contributed by atoms with van der Waals surface area (Å²) in [6, 6.07) is 10.6. The summed E-state index contributed by atoms with van der Waals surface area (Å²) in [6.45, 7) is 1.63. The van der Waals surface area contributed by atoms with E-state index in [1.807, 2.05) is 0 Å². The van der Waals surface area contributed by atoms with Crippen LogP contribution in [0.5, 0.6) is 5.75 Å². The average Bonchev–Trinajstić information content (AvgIpc) is 2.97. The van der Waals surface area contributed by atoms with Crippen molar-refractivity contribution in [2.24, 2.45) is 0 Å². The topological polar surface area (TPSA) is 96.0 Å². The van der Waals surface area contributed by atoms with E-state index >= 15 is 0 Å². The van der Waals surface area contributed by atoms with Crippen molar-refractivity contribution in [1.82, 2.24) is 0 Å². The molecule has 0 fully saturated rings. The highest BCUT2D eigenvalue weighted by Gasteiger charge is 2.38. The number of ether oxygens (including phenoxy) is 2. The van der Waals surface area contributed by atoms with Gasteiger partial charge in [-0.1, -0.05) is 35.9 Å². The Morgan fingerprint density at radius 1 is 1.10 bits per heavy atom. The minimum atomic E-state index is -1.31. The van der Waals surface area contributed by atoms with Crippen LogP contribution in [0.15, 0.2) is 59.3 Å². The van der Waals surface area contributed by atoms with Crippen LogP contribution in [0, 0.1) is 0 Å². The Morgan fingerprint density at radius 3 is 2.30 bits per heavy atom. The van der Waals surface area contributed by atoms with Crippen LogP contribution in [0.4, 0.5) is 5.69 Å². The predicted molar refractivity (Wildman–Crippen MR) is 109 cm³/mol. The third kappa shape index (κ3) is 3.79. The number of aromatic carboxylic acids is 1.